The average Bonchev–Trinajstić information content (AvgIpc) is 2.81. The third kappa shape index (κ3) is 2.37. The van der Waals surface area contributed by atoms with Crippen LogP contribution >= 0.6 is 0 Å². The van der Waals surface area contributed by atoms with Crippen molar-refractivity contribution in [1.29, 1.82) is 0 Å². The first-order chi connectivity index (χ1) is 5.25. The van der Waals surface area contributed by atoms with Crippen molar-refractivity contribution in [3.8, 4) is 0 Å². The van der Waals surface area contributed by atoms with Crippen LogP contribution in [0.25, 0.3) is 0 Å². The van der Waals surface area contributed by atoms with Crippen LogP contribution in [-0.2, 0) is 4.79 Å². The highest BCUT2D eigenvalue weighted by Crippen LogP contribution is 2.36. The highest BCUT2D eigenvalue weighted by atomic mass is 16.1. The van der Waals surface area contributed by atoms with Gasteiger partial charge in [-0.25, -0.2) is 0 Å². The highest BCUT2D eigenvalue weighted by molar-refractivity contribution is 5.78. The van der Waals surface area contributed by atoms with Crippen molar-refractivity contribution < 1.29 is 4.79 Å². The lowest BCUT2D eigenvalue weighted by atomic mass is 10.1. The standard InChI is InChI=1S/C9H15NO/c1-3-6-10-9(11)7(2)8-4-5-8/h3,7-8H,1,4-6H2,2H3,(H,10,11). The molecule has 0 saturated heterocycles. The second-order valence-electron chi connectivity index (χ2n) is 3.16. The molecule has 0 aromatic rings. The maximum absolute atomic E-state index is 11.2. The Morgan fingerprint density at radius 3 is 2.91 bits per heavy atom. The van der Waals surface area contributed by atoms with E-state index in [2.05, 4.69) is 11.9 Å². The second-order valence-corrected chi connectivity index (χ2v) is 3.16. The van der Waals surface area contributed by atoms with Crippen molar-refractivity contribution in [1.82, 2.24) is 5.32 Å². The van der Waals surface area contributed by atoms with E-state index in [0.29, 0.717) is 12.5 Å². The van der Waals surface area contributed by atoms with Crippen LogP contribution in [0.5, 0.6) is 0 Å². The molecule has 1 fully saturated rings. The summed E-state index contributed by atoms with van der Waals surface area (Å²) in [5, 5.41) is 2.80. The molecule has 0 aromatic carbocycles. The molecule has 1 aliphatic carbocycles. The van der Waals surface area contributed by atoms with Gasteiger partial charge in [-0.1, -0.05) is 13.0 Å². The van der Waals surface area contributed by atoms with E-state index in [9.17, 15) is 4.79 Å². The van der Waals surface area contributed by atoms with E-state index in [1.807, 2.05) is 6.92 Å². The molecule has 2 heteroatoms. The Labute approximate surface area is 67.7 Å². The van der Waals surface area contributed by atoms with E-state index in [0.717, 1.165) is 0 Å². The molecule has 0 aliphatic heterocycles. The van der Waals surface area contributed by atoms with Crippen LogP contribution in [0.4, 0.5) is 0 Å². The van der Waals surface area contributed by atoms with Crippen LogP contribution in [0.3, 0.4) is 0 Å². The zero-order chi connectivity index (χ0) is 8.27. The number of carbonyl (C=O) groups is 1. The van der Waals surface area contributed by atoms with Gasteiger partial charge in [0.2, 0.25) is 5.91 Å². The number of amides is 1. The van der Waals surface area contributed by atoms with E-state index in [1.54, 1.807) is 6.08 Å². The summed E-state index contributed by atoms with van der Waals surface area (Å²) >= 11 is 0. The summed E-state index contributed by atoms with van der Waals surface area (Å²) in [7, 11) is 0. The largest absolute Gasteiger partial charge is 0.352 e. The number of carbonyl (C=O) groups excluding carboxylic acids is 1. The van der Waals surface area contributed by atoms with E-state index in [1.165, 1.54) is 12.8 Å². The summed E-state index contributed by atoms with van der Waals surface area (Å²) in [5.41, 5.74) is 0. The molecule has 0 radical (unpaired) electrons. The van der Waals surface area contributed by atoms with Crippen molar-refractivity contribution in [3.05, 3.63) is 12.7 Å². The number of nitrogens with one attached hydrogen (secondary N) is 1. The predicted molar refractivity (Wildman–Crippen MR) is 45.1 cm³/mol. The molecule has 1 amide bonds. The van der Waals surface area contributed by atoms with E-state index < -0.39 is 0 Å². The van der Waals surface area contributed by atoms with Gasteiger partial charge in [0, 0.05) is 12.5 Å². The van der Waals surface area contributed by atoms with Gasteiger partial charge in [-0.15, -0.1) is 6.58 Å². The molecule has 1 saturated carbocycles. The van der Waals surface area contributed by atoms with E-state index in [4.69, 9.17) is 0 Å². The van der Waals surface area contributed by atoms with Gasteiger partial charge in [-0.3, -0.25) is 4.79 Å². The lowest BCUT2D eigenvalue weighted by Crippen LogP contribution is -2.30. The summed E-state index contributed by atoms with van der Waals surface area (Å²) < 4.78 is 0. The normalized spacial score (nSPS) is 19.0. The Kier molecular flexibility index (Phi) is 2.69. The molecule has 62 valence electrons. The maximum atomic E-state index is 11.2. The molecular formula is C9H15NO. The van der Waals surface area contributed by atoms with Crippen LogP contribution in [0.15, 0.2) is 12.7 Å². The lowest BCUT2D eigenvalue weighted by molar-refractivity contribution is -0.124. The topological polar surface area (TPSA) is 29.1 Å². The van der Waals surface area contributed by atoms with E-state index in [-0.39, 0.29) is 11.8 Å². The smallest absolute Gasteiger partial charge is 0.223 e. The Morgan fingerprint density at radius 2 is 2.45 bits per heavy atom. The van der Waals surface area contributed by atoms with Crippen molar-refractivity contribution in [2.75, 3.05) is 6.54 Å². The fourth-order valence-corrected chi connectivity index (χ4v) is 1.14. The molecule has 1 rings (SSSR count). The summed E-state index contributed by atoms with van der Waals surface area (Å²) in [6.45, 7) is 6.13. The Balaban J connectivity index is 2.21. The average molecular weight is 153 g/mol. The summed E-state index contributed by atoms with van der Waals surface area (Å²) in [5.74, 6) is 1.03. The van der Waals surface area contributed by atoms with Gasteiger partial charge in [-0.2, -0.15) is 0 Å². The van der Waals surface area contributed by atoms with Gasteiger partial charge in [0.15, 0.2) is 0 Å². The molecule has 11 heavy (non-hydrogen) atoms. The Hall–Kier alpha value is -0.790. The molecule has 0 heterocycles. The summed E-state index contributed by atoms with van der Waals surface area (Å²) in [6, 6.07) is 0. The number of hydrogen-bond donors (Lipinski definition) is 1. The third-order valence-corrected chi connectivity index (χ3v) is 2.16. The fourth-order valence-electron chi connectivity index (χ4n) is 1.14. The van der Waals surface area contributed by atoms with Crippen molar-refractivity contribution in [3.63, 3.8) is 0 Å². The minimum Gasteiger partial charge on any atom is -0.352 e. The van der Waals surface area contributed by atoms with Crippen molar-refractivity contribution in [2.45, 2.75) is 19.8 Å². The first-order valence-corrected chi connectivity index (χ1v) is 4.14. The van der Waals surface area contributed by atoms with Gasteiger partial charge in [0.25, 0.3) is 0 Å². The van der Waals surface area contributed by atoms with Gasteiger partial charge in [0.1, 0.15) is 0 Å². The number of rotatable bonds is 4. The molecule has 1 aliphatic rings. The molecule has 0 aromatic heterocycles. The first-order valence-electron chi connectivity index (χ1n) is 4.14. The monoisotopic (exact) mass is 153 g/mol. The van der Waals surface area contributed by atoms with Crippen molar-refractivity contribution >= 4 is 5.91 Å². The molecule has 0 spiro atoms. The molecule has 1 atom stereocenters. The van der Waals surface area contributed by atoms with Crippen LogP contribution in [0, 0.1) is 11.8 Å². The lowest BCUT2D eigenvalue weighted by Gasteiger charge is -2.08. The minimum absolute atomic E-state index is 0.174. The molecule has 1 N–H and O–H groups in total. The van der Waals surface area contributed by atoms with Gasteiger partial charge < -0.3 is 5.32 Å². The van der Waals surface area contributed by atoms with Crippen LogP contribution in [0.1, 0.15) is 19.8 Å². The maximum Gasteiger partial charge on any atom is 0.223 e. The predicted octanol–water partition coefficient (Wildman–Crippen LogP) is 1.33. The van der Waals surface area contributed by atoms with Gasteiger partial charge in [0.05, 0.1) is 0 Å². The quantitative estimate of drug-likeness (QED) is 0.607. The van der Waals surface area contributed by atoms with Crippen LogP contribution < -0.4 is 5.32 Å². The molecule has 2 nitrogen and oxygen atoms in total. The van der Waals surface area contributed by atoms with Crippen LogP contribution in [0.2, 0.25) is 0 Å². The van der Waals surface area contributed by atoms with Gasteiger partial charge in [-0.05, 0) is 18.8 Å². The summed E-state index contributed by atoms with van der Waals surface area (Å²) in [6.07, 6.45) is 4.16. The van der Waals surface area contributed by atoms with Crippen LogP contribution in [-0.4, -0.2) is 12.5 Å². The number of hydrogen-bond acceptors (Lipinski definition) is 1. The molecule has 1 unspecified atom stereocenters. The minimum atomic E-state index is 0.174. The van der Waals surface area contributed by atoms with Gasteiger partial charge >= 0.3 is 0 Å². The Bertz CT molecular complexity index is 161. The van der Waals surface area contributed by atoms with Crippen molar-refractivity contribution in [2.24, 2.45) is 11.8 Å². The second kappa shape index (κ2) is 3.56. The zero-order valence-corrected chi connectivity index (χ0v) is 6.97. The fraction of sp³-hybridized carbons (Fsp3) is 0.667. The SMILES string of the molecule is C=CCNC(=O)C(C)C1CC1. The molecular weight excluding hydrogens is 138 g/mol. The van der Waals surface area contributed by atoms with E-state index >= 15 is 0 Å². The zero-order valence-electron chi connectivity index (χ0n) is 6.97. The first kappa shape index (κ1) is 8.31. The summed E-state index contributed by atoms with van der Waals surface area (Å²) in [4.78, 5) is 11.2. The highest BCUT2D eigenvalue weighted by Gasteiger charge is 2.32. The third-order valence-electron chi connectivity index (χ3n) is 2.16. The molecule has 0 bridgehead atoms. The Morgan fingerprint density at radius 1 is 1.82 bits per heavy atom.